The number of thiophene rings is 1. The second kappa shape index (κ2) is 8.26. The number of carbonyl (C=O) groups excluding carboxylic acids is 2. The second-order valence-electron chi connectivity index (χ2n) is 5.48. The van der Waals surface area contributed by atoms with Crippen LogP contribution >= 0.6 is 11.3 Å². The molecule has 0 atom stereocenters. The molecule has 25 heavy (non-hydrogen) atoms. The summed E-state index contributed by atoms with van der Waals surface area (Å²) in [5.74, 6) is -0.319. The van der Waals surface area contributed by atoms with Gasteiger partial charge in [0.25, 0.3) is 0 Å². The van der Waals surface area contributed by atoms with Crippen LogP contribution in [-0.2, 0) is 14.8 Å². The van der Waals surface area contributed by atoms with Crippen LogP contribution in [0, 0.1) is 6.92 Å². The van der Waals surface area contributed by atoms with E-state index in [2.05, 4.69) is 10.0 Å². The summed E-state index contributed by atoms with van der Waals surface area (Å²) in [6.45, 7) is 3.31. The summed E-state index contributed by atoms with van der Waals surface area (Å²) in [4.78, 5) is 24.5. The smallest absolute Gasteiger partial charge is 0.232 e. The molecular weight excluding hydrogens is 360 g/mol. The molecule has 2 N–H and O–H groups in total. The SMILES string of the molecule is CCS(=O)(=O)Nc1ccc(NC(=O)CCC(=O)c2cccs2)cc1C. The van der Waals surface area contributed by atoms with E-state index >= 15 is 0 Å². The average molecular weight is 380 g/mol. The highest BCUT2D eigenvalue weighted by Gasteiger charge is 2.12. The van der Waals surface area contributed by atoms with Gasteiger partial charge in [-0.3, -0.25) is 14.3 Å². The summed E-state index contributed by atoms with van der Waals surface area (Å²) >= 11 is 1.36. The molecule has 0 aliphatic heterocycles. The van der Waals surface area contributed by atoms with Gasteiger partial charge >= 0.3 is 0 Å². The summed E-state index contributed by atoms with van der Waals surface area (Å²) in [5.41, 5.74) is 1.74. The molecule has 1 aromatic heterocycles. The maximum Gasteiger partial charge on any atom is 0.232 e. The van der Waals surface area contributed by atoms with Crippen molar-refractivity contribution in [3.8, 4) is 0 Å². The monoisotopic (exact) mass is 380 g/mol. The van der Waals surface area contributed by atoms with Gasteiger partial charge in [-0.05, 0) is 49.1 Å². The van der Waals surface area contributed by atoms with Gasteiger partial charge in [-0.2, -0.15) is 0 Å². The lowest BCUT2D eigenvalue weighted by Crippen LogP contribution is -2.16. The van der Waals surface area contributed by atoms with E-state index in [1.165, 1.54) is 11.3 Å². The summed E-state index contributed by atoms with van der Waals surface area (Å²) in [6.07, 6.45) is 0.250. The molecule has 0 bridgehead atoms. The highest BCUT2D eigenvalue weighted by atomic mass is 32.2. The second-order valence-corrected chi connectivity index (χ2v) is 8.44. The Hall–Kier alpha value is -2.19. The lowest BCUT2D eigenvalue weighted by atomic mass is 10.1. The fourth-order valence-corrected chi connectivity index (χ4v) is 3.51. The first kappa shape index (κ1) is 19.1. The van der Waals surface area contributed by atoms with Crippen LogP contribution in [0.1, 0.15) is 35.0 Å². The first-order chi connectivity index (χ1) is 11.8. The van der Waals surface area contributed by atoms with Gasteiger partial charge in [0.05, 0.1) is 16.3 Å². The highest BCUT2D eigenvalue weighted by molar-refractivity contribution is 7.92. The van der Waals surface area contributed by atoms with Gasteiger partial charge in [-0.1, -0.05) is 6.07 Å². The Balaban J connectivity index is 1.93. The Labute approximate surface area is 151 Å². The fourth-order valence-electron chi connectivity index (χ4n) is 2.11. The largest absolute Gasteiger partial charge is 0.326 e. The van der Waals surface area contributed by atoms with Crippen molar-refractivity contribution in [2.24, 2.45) is 0 Å². The molecule has 8 heteroatoms. The van der Waals surface area contributed by atoms with Crippen molar-refractivity contribution >= 4 is 44.4 Å². The quantitative estimate of drug-likeness (QED) is 0.686. The average Bonchev–Trinajstić information content (AvgIpc) is 3.10. The highest BCUT2D eigenvalue weighted by Crippen LogP contribution is 2.21. The minimum Gasteiger partial charge on any atom is -0.326 e. The van der Waals surface area contributed by atoms with Crippen molar-refractivity contribution in [2.45, 2.75) is 26.7 Å². The number of carbonyl (C=O) groups is 2. The van der Waals surface area contributed by atoms with E-state index in [1.807, 2.05) is 5.38 Å². The lowest BCUT2D eigenvalue weighted by Gasteiger charge is -2.11. The van der Waals surface area contributed by atoms with Crippen LogP contribution in [0.15, 0.2) is 35.7 Å². The van der Waals surface area contributed by atoms with Crippen molar-refractivity contribution in [2.75, 3.05) is 15.8 Å². The van der Waals surface area contributed by atoms with Crippen LogP contribution in [-0.4, -0.2) is 25.9 Å². The maximum atomic E-state index is 12.0. The predicted octanol–water partition coefficient (Wildman–Crippen LogP) is 3.42. The minimum atomic E-state index is -3.34. The van der Waals surface area contributed by atoms with E-state index in [1.54, 1.807) is 44.2 Å². The molecule has 134 valence electrons. The molecule has 0 saturated carbocycles. The number of Topliss-reactive ketones (excluding diaryl/α,β-unsaturated/α-hetero) is 1. The number of benzene rings is 1. The number of nitrogens with one attached hydrogen (secondary N) is 2. The van der Waals surface area contributed by atoms with Gasteiger partial charge in [0.15, 0.2) is 5.78 Å². The molecule has 1 amide bonds. The summed E-state index contributed by atoms with van der Waals surface area (Å²) in [6, 6.07) is 8.46. The van der Waals surface area contributed by atoms with Crippen LogP contribution in [0.4, 0.5) is 11.4 Å². The summed E-state index contributed by atoms with van der Waals surface area (Å²) in [7, 11) is -3.34. The molecule has 0 unspecified atom stereocenters. The van der Waals surface area contributed by atoms with Crippen LogP contribution in [0.2, 0.25) is 0 Å². The number of ketones is 1. The van der Waals surface area contributed by atoms with Crippen molar-refractivity contribution < 1.29 is 18.0 Å². The van der Waals surface area contributed by atoms with E-state index in [0.717, 1.165) is 0 Å². The fraction of sp³-hybridized carbons (Fsp3) is 0.294. The van der Waals surface area contributed by atoms with E-state index < -0.39 is 10.0 Å². The molecule has 1 aromatic carbocycles. The lowest BCUT2D eigenvalue weighted by molar-refractivity contribution is -0.116. The van der Waals surface area contributed by atoms with Gasteiger partial charge < -0.3 is 5.32 Å². The molecule has 2 rings (SSSR count). The van der Waals surface area contributed by atoms with Crippen LogP contribution in [0.5, 0.6) is 0 Å². The summed E-state index contributed by atoms with van der Waals surface area (Å²) in [5, 5.41) is 4.55. The Morgan fingerprint density at radius 3 is 2.52 bits per heavy atom. The van der Waals surface area contributed by atoms with Gasteiger partial charge in [-0.15, -0.1) is 11.3 Å². The van der Waals surface area contributed by atoms with Crippen molar-refractivity contribution in [3.63, 3.8) is 0 Å². The Morgan fingerprint density at radius 1 is 1.16 bits per heavy atom. The molecule has 0 saturated heterocycles. The zero-order valence-corrected chi connectivity index (χ0v) is 15.7. The Morgan fingerprint density at radius 2 is 1.92 bits per heavy atom. The molecular formula is C17H20N2O4S2. The number of anilines is 2. The van der Waals surface area contributed by atoms with Gasteiger partial charge in [0, 0.05) is 18.5 Å². The van der Waals surface area contributed by atoms with Gasteiger partial charge in [0.2, 0.25) is 15.9 Å². The van der Waals surface area contributed by atoms with E-state index in [4.69, 9.17) is 0 Å². The molecule has 6 nitrogen and oxygen atoms in total. The standard InChI is InChI=1S/C17H20N2O4S2/c1-3-25(22,23)19-14-7-6-13(11-12(14)2)18-17(21)9-8-15(20)16-5-4-10-24-16/h4-7,10-11,19H,3,8-9H2,1-2H3,(H,18,21). The number of rotatable bonds is 8. The van der Waals surface area contributed by atoms with E-state index in [0.29, 0.717) is 21.8 Å². The van der Waals surface area contributed by atoms with E-state index in [9.17, 15) is 18.0 Å². The Bertz CT molecular complexity index is 859. The molecule has 0 fully saturated rings. The molecule has 2 aromatic rings. The van der Waals surface area contributed by atoms with Crippen molar-refractivity contribution in [3.05, 3.63) is 46.2 Å². The third-order valence-corrected chi connectivity index (χ3v) is 5.73. The molecule has 1 heterocycles. The zero-order valence-electron chi connectivity index (χ0n) is 14.0. The maximum absolute atomic E-state index is 12.0. The van der Waals surface area contributed by atoms with Crippen molar-refractivity contribution in [1.29, 1.82) is 0 Å². The molecule has 0 aliphatic carbocycles. The molecule has 0 spiro atoms. The number of sulfonamides is 1. The van der Waals surface area contributed by atoms with Crippen molar-refractivity contribution in [1.82, 2.24) is 0 Å². The molecule has 0 radical (unpaired) electrons. The predicted molar refractivity (Wildman–Crippen MR) is 101 cm³/mol. The van der Waals surface area contributed by atoms with E-state index in [-0.39, 0.29) is 30.3 Å². The zero-order chi connectivity index (χ0) is 18.4. The minimum absolute atomic E-state index is 0.0107. The Kier molecular flexibility index (Phi) is 6.33. The van der Waals surface area contributed by atoms with Gasteiger partial charge in [-0.25, -0.2) is 8.42 Å². The number of amides is 1. The third kappa shape index (κ3) is 5.68. The number of hydrogen-bond donors (Lipinski definition) is 2. The van der Waals surface area contributed by atoms with Crippen LogP contribution < -0.4 is 10.0 Å². The van der Waals surface area contributed by atoms with Gasteiger partial charge in [0.1, 0.15) is 0 Å². The number of hydrogen-bond acceptors (Lipinski definition) is 5. The topological polar surface area (TPSA) is 92.3 Å². The first-order valence-corrected chi connectivity index (χ1v) is 10.3. The summed E-state index contributed by atoms with van der Waals surface area (Å²) < 4.78 is 25.7. The van der Waals surface area contributed by atoms with Crippen LogP contribution in [0.25, 0.3) is 0 Å². The third-order valence-electron chi connectivity index (χ3n) is 3.53. The normalized spacial score (nSPS) is 11.1. The number of aryl methyl sites for hydroxylation is 1. The molecule has 0 aliphatic rings. The first-order valence-electron chi connectivity index (χ1n) is 7.78. The van der Waals surface area contributed by atoms with Crippen LogP contribution in [0.3, 0.4) is 0 Å².